The van der Waals surface area contributed by atoms with Crippen LogP contribution in [0.5, 0.6) is 17.2 Å². The van der Waals surface area contributed by atoms with Gasteiger partial charge in [0.05, 0.1) is 13.2 Å². The van der Waals surface area contributed by atoms with Crippen molar-refractivity contribution in [2.24, 2.45) is 0 Å². The van der Waals surface area contributed by atoms with Crippen LogP contribution in [-0.4, -0.2) is 64.2 Å². The molecule has 2 atom stereocenters. The van der Waals surface area contributed by atoms with Crippen LogP contribution in [0.4, 0.5) is 0 Å². The maximum absolute atomic E-state index is 12.7. The predicted octanol–water partition coefficient (Wildman–Crippen LogP) is 4.52. The average molecular weight is 587 g/mol. The lowest BCUT2D eigenvalue weighted by molar-refractivity contribution is -0.139. The Hall–Kier alpha value is -3.70. The third kappa shape index (κ3) is 9.80. The van der Waals surface area contributed by atoms with E-state index in [2.05, 4.69) is 13.2 Å². The summed E-state index contributed by atoms with van der Waals surface area (Å²) in [5, 5.41) is 9.92. The van der Waals surface area contributed by atoms with Crippen molar-refractivity contribution in [1.29, 1.82) is 0 Å². The summed E-state index contributed by atoms with van der Waals surface area (Å²) in [4.78, 5) is 47.6. The second-order valence-electron chi connectivity index (χ2n) is 8.50. The number of Topliss-reactive ketones (excluding diaryl/α,β-unsaturated/α-hetero) is 1. The molecule has 0 aromatic heterocycles. The number of hydrogen-bond acceptors (Lipinski definition) is 11. The van der Waals surface area contributed by atoms with E-state index >= 15 is 0 Å². The molecule has 1 N–H and O–H groups in total. The standard InChI is InChI=1S/C29H30O9S2/c1-3-26(32)36-14-6-5-13-35-21-10-8-20(9-11-21)22(30)15-19-7-12-24(23(31)16-19)37-29(34)25-17-40-28(18-39-25)38-27(33)4-2/h3-4,7-12,16,25,28,31H,1-2,5-6,13-15,17-18H2. The van der Waals surface area contributed by atoms with Gasteiger partial charge in [-0.2, -0.15) is 0 Å². The average Bonchev–Trinajstić information content (AvgIpc) is 2.96. The lowest BCUT2D eigenvalue weighted by Gasteiger charge is -2.25. The summed E-state index contributed by atoms with van der Waals surface area (Å²) in [6, 6.07) is 11.2. The zero-order valence-corrected chi connectivity index (χ0v) is 23.4. The van der Waals surface area contributed by atoms with Crippen molar-refractivity contribution < 1.29 is 43.2 Å². The van der Waals surface area contributed by atoms with Gasteiger partial charge in [-0.3, -0.25) is 9.59 Å². The van der Waals surface area contributed by atoms with Crippen LogP contribution in [0.3, 0.4) is 0 Å². The monoisotopic (exact) mass is 586 g/mol. The van der Waals surface area contributed by atoms with Crippen molar-refractivity contribution in [3.8, 4) is 17.2 Å². The highest BCUT2D eigenvalue weighted by Gasteiger charge is 2.31. The molecule has 0 aliphatic carbocycles. The molecule has 0 spiro atoms. The number of carbonyl (C=O) groups is 4. The smallest absolute Gasteiger partial charge is 0.331 e. The molecule has 1 fully saturated rings. The maximum Gasteiger partial charge on any atom is 0.331 e. The van der Waals surface area contributed by atoms with Crippen LogP contribution in [-0.2, 0) is 30.3 Å². The Kier molecular flexibility index (Phi) is 12.2. The fraction of sp³-hybridized carbons (Fsp3) is 0.310. The first-order valence-corrected chi connectivity index (χ1v) is 14.5. The Morgan fingerprint density at radius 1 is 0.925 bits per heavy atom. The zero-order chi connectivity index (χ0) is 28.9. The number of thioether (sulfide) groups is 2. The van der Waals surface area contributed by atoms with E-state index in [9.17, 15) is 24.3 Å². The molecule has 40 heavy (non-hydrogen) atoms. The summed E-state index contributed by atoms with van der Waals surface area (Å²) < 4.78 is 21.1. The van der Waals surface area contributed by atoms with Gasteiger partial charge >= 0.3 is 17.9 Å². The fourth-order valence-corrected chi connectivity index (χ4v) is 6.02. The van der Waals surface area contributed by atoms with Crippen LogP contribution in [0.25, 0.3) is 0 Å². The van der Waals surface area contributed by atoms with Gasteiger partial charge in [-0.05, 0) is 54.8 Å². The highest BCUT2D eigenvalue weighted by atomic mass is 32.2. The summed E-state index contributed by atoms with van der Waals surface area (Å²) in [5.74, 6) is -0.420. The number of carbonyl (C=O) groups excluding carboxylic acids is 4. The first-order valence-electron chi connectivity index (χ1n) is 12.4. The number of rotatable bonds is 14. The molecule has 2 aromatic carbocycles. The summed E-state index contributed by atoms with van der Waals surface area (Å²) >= 11 is 2.65. The first kappa shape index (κ1) is 30.8. The lowest BCUT2D eigenvalue weighted by atomic mass is 10.0. The number of ketones is 1. The second kappa shape index (κ2) is 15.8. The molecule has 2 unspecified atom stereocenters. The fourth-order valence-electron chi connectivity index (χ4n) is 3.45. The summed E-state index contributed by atoms with van der Waals surface area (Å²) in [7, 11) is 0. The molecular weight excluding hydrogens is 556 g/mol. The van der Waals surface area contributed by atoms with Gasteiger partial charge in [0.25, 0.3) is 0 Å². The van der Waals surface area contributed by atoms with Gasteiger partial charge in [0.2, 0.25) is 0 Å². The molecule has 1 aliphatic rings. The number of aromatic hydroxyl groups is 1. The van der Waals surface area contributed by atoms with E-state index in [1.54, 1.807) is 30.3 Å². The van der Waals surface area contributed by atoms with Crippen LogP contribution in [0, 0.1) is 0 Å². The van der Waals surface area contributed by atoms with Gasteiger partial charge in [-0.25, -0.2) is 9.59 Å². The minimum absolute atomic E-state index is 0.00683. The van der Waals surface area contributed by atoms with Crippen LogP contribution >= 0.6 is 23.5 Å². The summed E-state index contributed by atoms with van der Waals surface area (Å²) in [6.07, 6.45) is 3.62. The molecule has 11 heteroatoms. The Morgan fingerprint density at radius 3 is 2.30 bits per heavy atom. The second-order valence-corrected chi connectivity index (χ2v) is 10.9. The molecule has 212 valence electrons. The molecular formula is C29H30O9S2. The van der Waals surface area contributed by atoms with Gasteiger partial charge < -0.3 is 24.1 Å². The quantitative estimate of drug-likeness (QED) is 0.110. The molecule has 2 aromatic rings. The van der Waals surface area contributed by atoms with E-state index in [1.165, 1.54) is 35.7 Å². The van der Waals surface area contributed by atoms with E-state index in [1.807, 2.05) is 0 Å². The van der Waals surface area contributed by atoms with Gasteiger partial charge in [0, 0.05) is 35.6 Å². The van der Waals surface area contributed by atoms with Crippen molar-refractivity contribution in [3.63, 3.8) is 0 Å². The van der Waals surface area contributed by atoms with Crippen molar-refractivity contribution >= 4 is 47.2 Å². The zero-order valence-electron chi connectivity index (χ0n) is 21.7. The Morgan fingerprint density at radius 2 is 1.65 bits per heavy atom. The molecule has 0 bridgehead atoms. The topological polar surface area (TPSA) is 125 Å². The van der Waals surface area contributed by atoms with Crippen LogP contribution in [0.1, 0.15) is 28.8 Å². The minimum atomic E-state index is -0.511. The highest BCUT2D eigenvalue weighted by Crippen LogP contribution is 2.33. The number of unbranched alkanes of at least 4 members (excludes halogenated alkanes) is 1. The Labute approximate surface area is 240 Å². The van der Waals surface area contributed by atoms with E-state index in [0.29, 0.717) is 54.4 Å². The molecule has 1 aliphatic heterocycles. The van der Waals surface area contributed by atoms with Crippen LogP contribution in [0.15, 0.2) is 67.8 Å². The van der Waals surface area contributed by atoms with Gasteiger partial charge in [0.15, 0.2) is 22.7 Å². The number of hydrogen-bond donors (Lipinski definition) is 1. The molecule has 0 radical (unpaired) electrons. The van der Waals surface area contributed by atoms with E-state index in [0.717, 1.165) is 12.2 Å². The number of ether oxygens (including phenoxy) is 4. The molecule has 0 saturated carbocycles. The number of phenols is 1. The molecule has 0 amide bonds. The number of benzene rings is 2. The minimum Gasteiger partial charge on any atom is -0.504 e. The Bertz CT molecular complexity index is 1220. The SMILES string of the molecule is C=CC(=O)OCCCCOc1ccc(C(=O)Cc2ccc(OC(=O)C3CSC(OC(=O)C=C)CS3)c(O)c2)cc1. The van der Waals surface area contributed by atoms with E-state index in [-0.39, 0.29) is 29.1 Å². The van der Waals surface area contributed by atoms with Crippen molar-refractivity contribution in [2.45, 2.75) is 29.9 Å². The number of phenolic OH excluding ortho intramolecular Hbond substituents is 1. The van der Waals surface area contributed by atoms with Gasteiger partial charge in [-0.15, -0.1) is 23.5 Å². The van der Waals surface area contributed by atoms with Gasteiger partial charge in [-0.1, -0.05) is 19.2 Å². The van der Waals surface area contributed by atoms with Gasteiger partial charge in [0.1, 0.15) is 11.0 Å². The Balaban J connectivity index is 1.43. The van der Waals surface area contributed by atoms with Crippen molar-refractivity contribution in [1.82, 2.24) is 0 Å². The highest BCUT2D eigenvalue weighted by molar-refractivity contribution is 8.07. The third-order valence-corrected chi connectivity index (χ3v) is 8.38. The largest absolute Gasteiger partial charge is 0.504 e. The molecule has 3 rings (SSSR count). The summed E-state index contributed by atoms with van der Waals surface area (Å²) in [5.41, 5.74) is 0.692. The number of esters is 3. The normalized spacial score (nSPS) is 16.3. The molecule has 9 nitrogen and oxygen atoms in total. The third-order valence-electron chi connectivity index (χ3n) is 5.54. The molecule has 1 saturated heterocycles. The summed E-state index contributed by atoms with van der Waals surface area (Å²) in [6.45, 7) is 7.44. The maximum atomic E-state index is 12.7. The van der Waals surface area contributed by atoms with Crippen molar-refractivity contribution in [3.05, 3.63) is 78.9 Å². The predicted molar refractivity (Wildman–Crippen MR) is 153 cm³/mol. The lowest BCUT2D eigenvalue weighted by Crippen LogP contribution is -2.32. The van der Waals surface area contributed by atoms with Crippen LogP contribution in [0.2, 0.25) is 0 Å². The van der Waals surface area contributed by atoms with E-state index in [4.69, 9.17) is 18.9 Å². The van der Waals surface area contributed by atoms with E-state index < -0.39 is 23.2 Å². The van der Waals surface area contributed by atoms with Crippen molar-refractivity contribution in [2.75, 3.05) is 24.7 Å². The molecule has 1 heterocycles. The first-order chi connectivity index (χ1) is 19.3. The van der Waals surface area contributed by atoms with Crippen LogP contribution < -0.4 is 9.47 Å².